The van der Waals surface area contributed by atoms with Crippen molar-refractivity contribution in [3.8, 4) is 0 Å². The Kier molecular flexibility index (Phi) is 13.3. The third-order valence-corrected chi connectivity index (χ3v) is 8.64. The van der Waals surface area contributed by atoms with Gasteiger partial charge in [0.25, 0.3) is 0 Å². The van der Waals surface area contributed by atoms with Crippen LogP contribution in [0.2, 0.25) is 0 Å². The molecule has 274 valence electrons. The van der Waals surface area contributed by atoms with Crippen molar-refractivity contribution in [2.24, 2.45) is 17.8 Å². The summed E-state index contributed by atoms with van der Waals surface area (Å²) in [6.07, 6.45) is -12.9. The van der Waals surface area contributed by atoms with Gasteiger partial charge in [0.1, 0.15) is 41.7 Å². The highest BCUT2D eigenvalue weighted by Gasteiger charge is 2.52. The fourth-order valence-corrected chi connectivity index (χ4v) is 6.39. The summed E-state index contributed by atoms with van der Waals surface area (Å²) in [4.78, 5) is 25.3. The van der Waals surface area contributed by atoms with Gasteiger partial charge in [-0.2, -0.15) is 0 Å². The van der Waals surface area contributed by atoms with E-state index in [1.165, 1.54) is 0 Å². The summed E-state index contributed by atoms with van der Waals surface area (Å²) in [7, 11) is 0. The van der Waals surface area contributed by atoms with Gasteiger partial charge in [-0.25, -0.2) is 9.59 Å². The lowest BCUT2D eigenvalue weighted by molar-refractivity contribution is -0.327. The lowest BCUT2D eigenvalue weighted by Gasteiger charge is -2.50. The molecular weight excluding hydrogens is 620 g/mol. The maximum Gasteiger partial charge on any atom is 0.408 e. The molecule has 2 aliphatic heterocycles. The monoisotopic (exact) mass is 678 g/mol. The summed E-state index contributed by atoms with van der Waals surface area (Å²) in [6, 6.07) is -2.00. The Balaban J connectivity index is 1.87. The molecule has 14 unspecified atom stereocenters. The highest BCUT2D eigenvalue weighted by molar-refractivity contribution is 5.68. The van der Waals surface area contributed by atoms with E-state index in [0.29, 0.717) is 6.42 Å². The Morgan fingerprint density at radius 3 is 1.89 bits per heavy atom. The average molecular weight is 679 g/mol. The van der Waals surface area contributed by atoms with Crippen LogP contribution in [0.3, 0.4) is 0 Å². The second kappa shape index (κ2) is 15.8. The van der Waals surface area contributed by atoms with Crippen LogP contribution in [0.5, 0.6) is 0 Å². The molecule has 2 saturated heterocycles. The molecule has 47 heavy (non-hydrogen) atoms. The van der Waals surface area contributed by atoms with Crippen molar-refractivity contribution in [1.29, 1.82) is 0 Å². The smallest absolute Gasteiger partial charge is 0.408 e. The molecule has 15 nitrogen and oxygen atoms in total. The van der Waals surface area contributed by atoms with Crippen molar-refractivity contribution in [1.82, 2.24) is 10.6 Å². The minimum Gasteiger partial charge on any atom is -0.444 e. The number of aliphatic hydroxyl groups excluding tert-OH is 5. The van der Waals surface area contributed by atoms with Gasteiger partial charge in [0.15, 0.2) is 12.6 Å². The summed E-state index contributed by atoms with van der Waals surface area (Å²) < 4.78 is 35.1. The number of ether oxygens (including phenoxy) is 6. The largest absolute Gasteiger partial charge is 0.444 e. The van der Waals surface area contributed by atoms with E-state index in [1.807, 2.05) is 13.8 Å². The molecule has 0 aromatic rings. The first kappa shape index (κ1) is 39.6. The van der Waals surface area contributed by atoms with Crippen molar-refractivity contribution < 1.29 is 63.5 Å². The van der Waals surface area contributed by atoms with Crippen LogP contribution in [0.25, 0.3) is 0 Å². The highest BCUT2D eigenvalue weighted by Crippen LogP contribution is 2.38. The first-order chi connectivity index (χ1) is 21.6. The van der Waals surface area contributed by atoms with Gasteiger partial charge >= 0.3 is 12.2 Å². The van der Waals surface area contributed by atoms with Gasteiger partial charge in [-0.3, -0.25) is 0 Å². The zero-order valence-electron chi connectivity index (χ0n) is 29.3. The van der Waals surface area contributed by atoms with E-state index < -0.39 is 109 Å². The Labute approximate surface area is 277 Å². The Morgan fingerprint density at radius 2 is 1.36 bits per heavy atom. The number of carbonyl (C=O) groups excluding carboxylic acids is 2. The number of aliphatic hydroxyl groups is 5. The molecule has 14 atom stereocenters. The molecule has 7 N–H and O–H groups in total. The Morgan fingerprint density at radius 1 is 0.809 bits per heavy atom. The van der Waals surface area contributed by atoms with E-state index in [9.17, 15) is 35.1 Å². The maximum atomic E-state index is 12.9. The molecular formula is C32H58N2O13. The standard InChI is InChI=1S/C32H58N2O13/c1-11-18-21(36)22(37)19(14(2)3)27(43-18)45-26-16(33-29(40)46-31(5,6)7)12-15(4)25(24(26)39)44-28-23(38)20(17(35)13-42-28)34-30(41)47-32(8,9)10/h14-28,35-39H,11-13H2,1-10H3,(H,33,40)(H,34,41). The number of hydrogen-bond acceptors (Lipinski definition) is 13. The molecule has 2 heterocycles. The van der Waals surface area contributed by atoms with E-state index in [2.05, 4.69) is 10.6 Å². The van der Waals surface area contributed by atoms with Crippen LogP contribution in [-0.2, 0) is 28.4 Å². The molecule has 2 amide bonds. The summed E-state index contributed by atoms with van der Waals surface area (Å²) in [5, 5.41) is 60.5. The van der Waals surface area contributed by atoms with E-state index >= 15 is 0 Å². The third kappa shape index (κ3) is 10.3. The fourth-order valence-electron chi connectivity index (χ4n) is 6.39. The minimum atomic E-state index is -1.54. The Hall–Kier alpha value is -1.82. The maximum absolute atomic E-state index is 12.9. The van der Waals surface area contributed by atoms with Crippen LogP contribution in [0, 0.1) is 17.8 Å². The summed E-state index contributed by atoms with van der Waals surface area (Å²) >= 11 is 0. The molecule has 0 aromatic heterocycles. The van der Waals surface area contributed by atoms with E-state index in [-0.39, 0.29) is 18.9 Å². The van der Waals surface area contributed by atoms with Gasteiger partial charge in [0.05, 0.1) is 37.0 Å². The van der Waals surface area contributed by atoms with Gasteiger partial charge in [-0.1, -0.05) is 27.7 Å². The van der Waals surface area contributed by atoms with Crippen LogP contribution in [0.4, 0.5) is 9.59 Å². The molecule has 0 aromatic carbocycles. The number of alkyl carbamates (subject to hydrolysis) is 2. The predicted octanol–water partition coefficient (Wildman–Crippen LogP) is 1.15. The quantitative estimate of drug-likeness (QED) is 0.192. The molecule has 3 fully saturated rings. The molecule has 1 saturated carbocycles. The number of carbonyl (C=O) groups is 2. The van der Waals surface area contributed by atoms with Crippen molar-refractivity contribution in [3.63, 3.8) is 0 Å². The van der Waals surface area contributed by atoms with Crippen LogP contribution >= 0.6 is 0 Å². The summed E-state index contributed by atoms with van der Waals surface area (Å²) in [5.41, 5.74) is -1.61. The molecule has 1 aliphatic carbocycles. The minimum absolute atomic E-state index is 0.196. The first-order valence-electron chi connectivity index (χ1n) is 16.6. The van der Waals surface area contributed by atoms with Gasteiger partial charge in [-0.15, -0.1) is 0 Å². The van der Waals surface area contributed by atoms with Gasteiger partial charge in [0.2, 0.25) is 0 Å². The second-order valence-corrected chi connectivity index (χ2v) is 15.3. The van der Waals surface area contributed by atoms with Crippen LogP contribution in [0.15, 0.2) is 0 Å². The zero-order chi connectivity index (χ0) is 35.6. The van der Waals surface area contributed by atoms with E-state index in [4.69, 9.17) is 28.4 Å². The van der Waals surface area contributed by atoms with E-state index in [0.717, 1.165) is 0 Å². The molecule has 3 rings (SSSR count). The van der Waals surface area contributed by atoms with Crippen molar-refractivity contribution in [2.75, 3.05) is 6.61 Å². The highest BCUT2D eigenvalue weighted by atomic mass is 16.7. The second-order valence-electron chi connectivity index (χ2n) is 15.3. The average Bonchev–Trinajstić information content (AvgIpc) is 2.91. The molecule has 3 aliphatic rings. The van der Waals surface area contributed by atoms with Gasteiger partial charge in [-0.05, 0) is 66.2 Å². The molecule has 0 bridgehead atoms. The Bertz CT molecular complexity index is 1030. The van der Waals surface area contributed by atoms with Crippen molar-refractivity contribution in [3.05, 3.63) is 0 Å². The number of amides is 2. The lowest BCUT2D eigenvalue weighted by Crippen LogP contribution is -2.66. The van der Waals surface area contributed by atoms with Crippen LogP contribution < -0.4 is 10.6 Å². The number of hydrogen-bond donors (Lipinski definition) is 7. The third-order valence-electron chi connectivity index (χ3n) is 8.64. The fraction of sp³-hybridized carbons (Fsp3) is 0.938. The van der Waals surface area contributed by atoms with Crippen molar-refractivity contribution >= 4 is 12.2 Å². The van der Waals surface area contributed by atoms with Crippen LogP contribution in [0.1, 0.15) is 82.1 Å². The predicted molar refractivity (Wildman–Crippen MR) is 167 cm³/mol. The number of rotatable bonds is 8. The molecule has 0 radical (unpaired) electrons. The van der Waals surface area contributed by atoms with Crippen molar-refractivity contribution in [2.45, 2.75) is 167 Å². The molecule has 15 heteroatoms. The van der Waals surface area contributed by atoms with Crippen LogP contribution in [-0.4, -0.2) is 129 Å². The zero-order valence-corrected chi connectivity index (χ0v) is 29.3. The summed E-state index contributed by atoms with van der Waals surface area (Å²) in [5.74, 6) is -1.31. The lowest BCUT2D eigenvalue weighted by atomic mass is 9.79. The van der Waals surface area contributed by atoms with Gasteiger partial charge in [0, 0.05) is 5.92 Å². The first-order valence-corrected chi connectivity index (χ1v) is 16.6. The number of nitrogens with one attached hydrogen (secondary N) is 2. The normalized spacial score (nSPS) is 40.1. The SMILES string of the molecule is CCC1OC(OC2C(NC(=O)OC(C)(C)C)CC(C)C(OC3OCC(O)C(NC(=O)OC(C)(C)C)C3O)C2O)C(C(C)C)C(O)C1O. The van der Waals surface area contributed by atoms with E-state index in [1.54, 1.807) is 55.4 Å². The topological polar surface area (TPSA) is 215 Å². The summed E-state index contributed by atoms with van der Waals surface area (Å²) in [6.45, 7) is 17.2. The van der Waals surface area contributed by atoms with Gasteiger partial charge < -0.3 is 64.6 Å². The molecule has 0 spiro atoms.